The largest absolute Gasteiger partial charge is 0.409 e. The van der Waals surface area contributed by atoms with Gasteiger partial charge in [0.05, 0.1) is 12.0 Å². The second-order valence-electron chi connectivity index (χ2n) is 4.60. The molecule has 0 heterocycles. The highest BCUT2D eigenvalue weighted by atomic mass is 19.1. The molecule has 0 aromatic heterocycles. The highest BCUT2D eigenvalue weighted by Gasteiger charge is 2.30. The van der Waals surface area contributed by atoms with Crippen LogP contribution in [0, 0.1) is 11.6 Å². The Morgan fingerprint density at radius 3 is 2.45 bits per heavy atom. The van der Waals surface area contributed by atoms with Crippen LogP contribution in [0.2, 0.25) is 0 Å². The van der Waals surface area contributed by atoms with Crippen LogP contribution < -0.4 is 11.1 Å². The van der Waals surface area contributed by atoms with E-state index in [1.54, 1.807) is 13.8 Å². The summed E-state index contributed by atoms with van der Waals surface area (Å²) in [7, 11) is 0. The quantitative estimate of drug-likeness (QED) is 0.332. The molecule has 1 atom stereocenters. The minimum absolute atomic E-state index is 0.178. The minimum atomic E-state index is -1.08. The van der Waals surface area contributed by atoms with Crippen molar-refractivity contribution >= 4 is 11.7 Å². The van der Waals surface area contributed by atoms with Crippen molar-refractivity contribution in [1.29, 1.82) is 0 Å². The topological polar surface area (TPSA) is 87.7 Å². The third-order valence-corrected chi connectivity index (χ3v) is 3.19. The fraction of sp³-hybridized carbons (Fsp3) is 0.385. The van der Waals surface area contributed by atoms with Crippen LogP contribution in [0.1, 0.15) is 25.8 Å². The number of carbonyl (C=O) groups is 1. The Morgan fingerprint density at radius 2 is 2.00 bits per heavy atom. The molecule has 1 unspecified atom stereocenters. The first-order valence-corrected chi connectivity index (χ1v) is 6.06. The van der Waals surface area contributed by atoms with E-state index in [1.165, 1.54) is 6.07 Å². The Bertz CT molecular complexity index is 514. The van der Waals surface area contributed by atoms with Gasteiger partial charge in [0.2, 0.25) is 5.91 Å². The molecule has 5 nitrogen and oxygen atoms in total. The number of nitrogens with two attached hydrogens (primary N) is 1. The molecule has 4 N–H and O–H groups in total. The summed E-state index contributed by atoms with van der Waals surface area (Å²) in [6.45, 7) is 3.28. The Morgan fingerprint density at radius 1 is 1.45 bits per heavy atom. The number of amidine groups is 1. The third kappa shape index (κ3) is 3.43. The van der Waals surface area contributed by atoms with E-state index in [0.29, 0.717) is 6.42 Å². The maximum absolute atomic E-state index is 13.4. The molecule has 110 valence electrons. The smallest absolute Gasteiger partial charge is 0.225 e. The highest BCUT2D eigenvalue weighted by molar-refractivity contribution is 5.93. The molecule has 0 aliphatic rings. The number of rotatable bonds is 5. The number of amides is 1. The van der Waals surface area contributed by atoms with Gasteiger partial charge in [-0.05, 0) is 25.5 Å². The van der Waals surface area contributed by atoms with Crippen molar-refractivity contribution in [3.05, 3.63) is 35.4 Å². The van der Waals surface area contributed by atoms with Gasteiger partial charge in [-0.3, -0.25) is 4.79 Å². The fourth-order valence-electron chi connectivity index (χ4n) is 1.66. The lowest BCUT2D eigenvalue weighted by molar-refractivity contribution is -0.121. The first-order valence-electron chi connectivity index (χ1n) is 6.06. The van der Waals surface area contributed by atoms with Crippen molar-refractivity contribution in [2.24, 2.45) is 10.9 Å². The first kappa shape index (κ1) is 15.9. The molecule has 0 bridgehead atoms. The van der Waals surface area contributed by atoms with Crippen LogP contribution in [-0.4, -0.2) is 22.5 Å². The number of nitrogens with zero attached hydrogens (tertiary/aromatic N) is 1. The summed E-state index contributed by atoms with van der Waals surface area (Å²) in [5, 5.41) is 14.1. The minimum Gasteiger partial charge on any atom is -0.409 e. The molecule has 1 amide bonds. The van der Waals surface area contributed by atoms with Crippen molar-refractivity contribution in [3.8, 4) is 0 Å². The lowest BCUT2D eigenvalue weighted by atomic mass is 9.97. The number of carbonyl (C=O) groups excluding carboxylic acids is 1. The van der Waals surface area contributed by atoms with Crippen molar-refractivity contribution in [1.82, 2.24) is 5.32 Å². The molecule has 0 aliphatic heterocycles. The summed E-state index contributed by atoms with van der Waals surface area (Å²) < 4.78 is 26.9. The Hall–Kier alpha value is -2.18. The van der Waals surface area contributed by atoms with Gasteiger partial charge in [0.15, 0.2) is 5.84 Å². The molecular weight excluding hydrogens is 268 g/mol. The van der Waals surface area contributed by atoms with Crippen molar-refractivity contribution in [2.45, 2.75) is 32.2 Å². The van der Waals surface area contributed by atoms with Crippen LogP contribution >= 0.6 is 0 Å². The van der Waals surface area contributed by atoms with Crippen LogP contribution in [0.25, 0.3) is 0 Å². The van der Waals surface area contributed by atoms with E-state index < -0.39 is 29.5 Å². The van der Waals surface area contributed by atoms with Gasteiger partial charge in [-0.25, -0.2) is 8.78 Å². The Kier molecular flexibility index (Phi) is 5.01. The summed E-state index contributed by atoms with van der Waals surface area (Å²) in [5.74, 6) is -2.38. The van der Waals surface area contributed by atoms with Crippen molar-refractivity contribution in [3.63, 3.8) is 0 Å². The van der Waals surface area contributed by atoms with E-state index in [0.717, 1.165) is 12.1 Å². The number of nitrogens with one attached hydrogen (secondary N) is 1. The molecular formula is C13H17F2N3O2. The molecule has 0 radical (unpaired) electrons. The van der Waals surface area contributed by atoms with Crippen LogP contribution in [0.15, 0.2) is 23.4 Å². The van der Waals surface area contributed by atoms with Crippen LogP contribution in [0.3, 0.4) is 0 Å². The zero-order chi connectivity index (χ0) is 15.3. The number of hydrogen-bond donors (Lipinski definition) is 3. The first-order chi connectivity index (χ1) is 9.34. The maximum atomic E-state index is 13.4. The van der Waals surface area contributed by atoms with Gasteiger partial charge in [0.25, 0.3) is 0 Å². The van der Waals surface area contributed by atoms with E-state index in [9.17, 15) is 13.6 Å². The second-order valence-corrected chi connectivity index (χ2v) is 4.60. The van der Waals surface area contributed by atoms with E-state index in [-0.39, 0.29) is 11.4 Å². The molecule has 1 aromatic rings. The summed E-state index contributed by atoms with van der Waals surface area (Å²) in [6, 6.07) is 3.38. The molecule has 1 rings (SSSR count). The summed E-state index contributed by atoms with van der Waals surface area (Å²) in [4.78, 5) is 11.9. The van der Waals surface area contributed by atoms with Crippen molar-refractivity contribution in [2.75, 3.05) is 0 Å². The number of hydrogen-bond acceptors (Lipinski definition) is 3. The lowest BCUT2D eigenvalue weighted by Gasteiger charge is -2.28. The normalized spacial score (nSPS) is 14.7. The molecule has 0 fully saturated rings. The molecule has 1 aromatic carbocycles. The van der Waals surface area contributed by atoms with E-state index in [1.807, 2.05) is 0 Å². The monoisotopic (exact) mass is 285 g/mol. The summed E-state index contributed by atoms with van der Waals surface area (Å²) in [6.07, 6.45) is -0.110. The average Bonchev–Trinajstić information content (AvgIpc) is 2.41. The molecule has 7 heteroatoms. The standard InChI is InChI=1S/C13H17F2N3O2/c1-3-13(2,12(16)18-20)17-11(19)7-8-9(14)5-4-6-10(8)15/h4-6,20H,3,7H2,1-2H3,(H2,16,18)(H,17,19). The zero-order valence-electron chi connectivity index (χ0n) is 11.3. The van der Waals surface area contributed by atoms with Gasteiger partial charge in [-0.15, -0.1) is 0 Å². The van der Waals surface area contributed by atoms with E-state index >= 15 is 0 Å². The Labute approximate surface area is 115 Å². The number of benzene rings is 1. The number of halogens is 2. The summed E-state index contributed by atoms with van der Waals surface area (Å²) >= 11 is 0. The maximum Gasteiger partial charge on any atom is 0.225 e. The van der Waals surface area contributed by atoms with Gasteiger partial charge in [0.1, 0.15) is 11.6 Å². The summed E-state index contributed by atoms with van der Waals surface area (Å²) in [5.41, 5.74) is 4.11. The highest BCUT2D eigenvalue weighted by Crippen LogP contribution is 2.14. The molecule has 0 spiro atoms. The van der Waals surface area contributed by atoms with Gasteiger partial charge in [-0.2, -0.15) is 0 Å². The van der Waals surface area contributed by atoms with Crippen LogP contribution in [0.4, 0.5) is 8.78 Å². The zero-order valence-corrected chi connectivity index (χ0v) is 11.3. The molecule has 0 aliphatic carbocycles. The molecule has 0 saturated heterocycles. The predicted molar refractivity (Wildman–Crippen MR) is 70.3 cm³/mol. The average molecular weight is 285 g/mol. The van der Waals surface area contributed by atoms with Crippen LogP contribution in [0.5, 0.6) is 0 Å². The lowest BCUT2D eigenvalue weighted by Crippen LogP contribution is -2.55. The predicted octanol–water partition coefficient (Wildman–Crippen LogP) is 1.54. The van der Waals surface area contributed by atoms with Gasteiger partial charge < -0.3 is 16.3 Å². The molecule has 0 saturated carbocycles. The second kappa shape index (κ2) is 6.31. The SMILES string of the molecule is CCC(C)(NC(=O)Cc1c(F)cccc1F)/C(N)=N/O. The number of oxime groups is 1. The third-order valence-electron chi connectivity index (χ3n) is 3.19. The van der Waals surface area contributed by atoms with Gasteiger partial charge in [-0.1, -0.05) is 18.1 Å². The Balaban J connectivity index is 2.87. The fourth-order valence-corrected chi connectivity index (χ4v) is 1.66. The van der Waals surface area contributed by atoms with Crippen LogP contribution in [-0.2, 0) is 11.2 Å². The van der Waals surface area contributed by atoms with E-state index in [2.05, 4.69) is 10.5 Å². The van der Waals surface area contributed by atoms with Gasteiger partial charge in [0, 0.05) is 5.56 Å². The van der Waals surface area contributed by atoms with Crippen molar-refractivity contribution < 1.29 is 18.8 Å². The van der Waals surface area contributed by atoms with E-state index in [4.69, 9.17) is 10.9 Å². The van der Waals surface area contributed by atoms with Gasteiger partial charge >= 0.3 is 0 Å². The molecule has 20 heavy (non-hydrogen) atoms.